The average molecular weight is 225 g/mol. The molecular formula is C12H11N5. The van der Waals surface area contributed by atoms with Crippen molar-refractivity contribution in [1.29, 1.82) is 0 Å². The number of aromatic nitrogens is 3. The van der Waals surface area contributed by atoms with Crippen molar-refractivity contribution in [1.82, 2.24) is 20.0 Å². The maximum absolute atomic E-state index is 4.27. The molecule has 0 aliphatic carbocycles. The van der Waals surface area contributed by atoms with Crippen LogP contribution in [0, 0.1) is 0 Å². The van der Waals surface area contributed by atoms with E-state index in [4.69, 9.17) is 0 Å². The number of imidazole rings is 1. The molecule has 0 spiro atoms. The second-order valence-electron chi connectivity index (χ2n) is 3.60. The second kappa shape index (κ2) is 3.79. The highest BCUT2D eigenvalue weighted by atomic mass is 15.5. The molecule has 2 aromatic rings. The van der Waals surface area contributed by atoms with Crippen LogP contribution in [0.4, 0.5) is 5.82 Å². The van der Waals surface area contributed by atoms with Gasteiger partial charge in [0.1, 0.15) is 0 Å². The second-order valence-corrected chi connectivity index (χ2v) is 3.60. The zero-order valence-electron chi connectivity index (χ0n) is 9.11. The van der Waals surface area contributed by atoms with Crippen LogP contribution < -0.4 is 10.4 Å². The van der Waals surface area contributed by atoms with Crippen molar-refractivity contribution in [3.63, 3.8) is 0 Å². The lowest BCUT2D eigenvalue weighted by molar-refractivity contribution is 0.871. The van der Waals surface area contributed by atoms with Crippen molar-refractivity contribution < 1.29 is 0 Å². The fourth-order valence-electron chi connectivity index (χ4n) is 1.72. The van der Waals surface area contributed by atoms with Gasteiger partial charge in [-0.25, -0.2) is 15.0 Å². The molecule has 0 bridgehead atoms. The van der Waals surface area contributed by atoms with Crippen LogP contribution in [0.1, 0.15) is 0 Å². The Morgan fingerprint density at radius 3 is 2.88 bits per heavy atom. The number of rotatable bonds is 2. The maximum Gasteiger partial charge on any atom is 0.151 e. The monoisotopic (exact) mass is 225 g/mol. The average Bonchev–Trinajstić information content (AvgIpc) is 2.99. The van der Waals surface area contributed by atoms with E-state index in [1.54, 1.807) is 18.7 Å². The molecule has 2 aromatic heterocycles. The summed E-state index contributed by atoms with van der Waals surface area (Å²) in [4.78, 5) is 8.29. The first-order valence-corrected chi connectivity index (χ1v) is 5.21. The number of pyridine rings is 1. The summed E-state index contributed by atoms with van der Waals surface area (Å²) in [6, 6.07) is 5.74. The van der Waals surface area contributed by atoms with Crippen LogP contribution in [0.5, 0.6) is 0 Å². The molecule has 0 fully saturated rings. The highest BCUT2D eigenvalue weighted by Gasteiger charge is 2.21. The number of anilines is 1. The van der Waals surface area contributed by atoms with E-state index in [0.717, 1.165) is 17.2 Å². The molecule has 0 atom stereocenters. The molecule has 0 unspecified atom stereocenters. The number of hydrogen-bond acceptors (Lipinski definition) is 4. The Bertz CT molecular complexity index is 556. The highest BCUT2D eigenvalue weighted by molar-refractivity contribution is 5.73. The number of hydrazine groups is 1. The quantitative estimate of drug-likeness (QED) is 0.843. The molecule has 0 amide bonds. The fraction of sp³-hybridized carbons (Fsp3) is 0. The first kappa shape index (κ1) is 9.65. The Morgan fingerprint density at radius 2 is 2.18 bits per heavy atom. The van der Waals surface area contributed by atoms with E-state index >= 15 is 0 Å². The summed E-state index contributed by atoms with van der Waals surface area (Å²) in [5.41, 5.74) is 4.91. The van der Waals surface area contributed by atoms with Gasteiger partial charge in [0.25, 0.3) is 0 Å². The van der Waals surface area contributed by atoms with Crippen LogP contribution >= 0.6 is 0 Å². The standard InChI is InChI=1S/C12H11N5/c1-10-11(16-7-6-13-9-16)8-15-17(10)12-4-2-3-5-14-12/h2-9,15H,1H2. The van der Waals surface area contributed by atoms with Gasteiger partial charge in [0.15, 0.2) is 5.82 Å². The highest BCUT2D eigenvalue weighted by Crippen LogP contribution is 2.25. The molecule has 0 saturated heterocycles. The molecule has 0 aromatic carbocycles. The molecule has 3 rings (SSSR count). The molecule has 3 heterocycles. The summed E-state index contributed by atoms with van der Waals surface area (Å²) in [6.45, 7) is 4.06. The van der Waals surface area contributed by atoms with E-state index < -0.39 is 0 Å². The first-order valence-electron chi connectivity index (χ1n) is 5.21. The lowest BCUT2D eigenvalue weighted by atomic mass is 10.3. The molecule has 5 heteroatoms. The van der Waals surface area contributed by atoms with Crippen molar-refractivity contribution >= 4 is 11.5 Å². The Labute approximate surface area is 98.7 Å². The number of allylic oxidation sites excluding steroid dienone is 1. The minimum Gasteiger partial charge on any atom is -0.303 e. The third-order valence-electron chi connectivity index (χ3n) is 2.56. The van der Waals surface area contributed by atoms with E-state index in [0.29, 0.717) is 0 Å². The third kappa shape index (κ3) is 1.57. The Hall–Kier alpha value is -2.56. The molecule has 1 aliphatic heterocycles. The van der Waals surface area contributed by atoms with Crippen LogP contribution in [-0.4, -0.2) is 14.5 Å². The van der Waals surface area contributed by atoms with Crippen molar-refractivity contribution in [3.8, 4) is 0 Å². The minimum absolute atomic E-state index is 0.809. The summed E-state index contributed by atoms with van der Waals surface area (Å²) in [7, 11) is 0. The third-order valence-corrected chi connectivity index (χ3v) is 2.56. The zero-order valence-corrected chi connectivity index (χ0v) is 9.11. The van der Waals surface area contributed by atoms with Gasteiger partial charge in [-0.05, 0) is 12.1 Å². The lowest BCUT2D eigenvalue weighted by Gasteiger charge is -2.19. The first-order chi connectivity index (χ1) is 8.36. The summed E-state index contributed by atoms with van der Waals surface area (Å²) in [6.07, 6.45) is 8.97. The normalized spacial score (nSPS) is 14.7. The van der Waals surface area contributed by atoms with Crippen molar-refractivity contribution in [2.45, 2.75) is 0 Å². The van der Waals surface area contributed by atoms with Gasteiger partial charge in [-0.15, -0.1) is 0 Å². The van der Waals surface area contributed by atoms with Crippen LogP contribution in [0.3, 0.4) is 0 Å². The summed E-state index contributed by atoms with van der Waals surface area (Å²) in [5.74, 6) is 0.809. The van der Waals surface area contributed by atoms with Crippen LogP contribution in [0.15, 0.2) is 61.6 Å². The smallest absolute Gasteiger partial charge is 0.151 e. The van der Waals surface area contributed by atoms with Gasteiger partial charge in [-0.1, -0.05) is 12.6 Å². The number of nitrogens with one attached hydrogen (secondary N) is 1. The SMILES string of the molecule is C=C1C(n2ccnc2)=CNN1c1ccccn1. The molecule has 17 heavy (non-hydrogen) atoms. The summed E-state index contributed by atoms with van der Waals surface area (Å²) >= 11 is 0. The number of nitrogens with zero attached hydrogens (tertiary/aromatic N) is 4. The largest absolute Gasteiger partial charge is 0.303 e. The van der Waals surface area contributed by atoms with Gasteiger partial charge < -0.3 is 4.57 Å². The van der Waals surface area contributed by atoms with Gasteiger partial charge in [-0.2, -0.15) is 0 Å². The topological polar surface area (TPSA) is 46.0 Å². The van der Waals surface area contributed by atoms with Crippen molar-refractivity contribution in [3.05, 3.63) is 61.6 Å². The van der Waals surface area contributed by atoms with Crippen LogP contribution in [-0.2, 0) is 0 Å². The van der Waals surface area contributed by atoms with Gasteiger partial charge in [-0.3, -0.25) is 5.43 Å². The summed E-state index contributed by atoms with van der Waals surface area (Å²) in [5, 5.41) is 1.83. The van der Waals surface area contributed by atoms with E-state index in [1.807, 2.05) is 40.2 Å². The van der Waals surface area contributed by atoms with Gasteiger partial charge in [0.2, 0.25) is 0 Å². The van der Waals surface area contributed by atoms with E-state index in [1.165, 1.54) is 0 Å². The Kier molecular flexibility index (Phi) is 2.15. The van der Waals surface area contributed by atoms with Crippen LogP contribution in [0.2, 0.25) is 0 Å². The molecular weight excluding hydrogens is 214 g/mol. The molecule has 84 valence electrons. The van der Waals surface area contributed by atoms with Gasteiger partial charge in [0, 0.05) is 24.8 Å². The molecule has 0 radical (unpaired) electrons. The molecule has 5 nitrogen and oxygen atoms in total. The van der Waals surface area contributed by atoms with E-state index in [-0.39, 0.29) is 0 Å². The lowest BCUT2D eigenvalue weighted by Crippen LogP contribution is -2.28. The Balaban J connectivity index is 1.89. The maximum atomic E-state index is 4.27. The van der Waals surface area contributed by atoms with Crippen molar-refractivity contribution in [2.75, 3.05) is 5.01 Å². The zero-order chi connectivity index (χ0) is 11.7. The Morgan fingerprint density at radius 1 is 1.24 bits per heavy atom. The molecule has 0 saturated carbocycles. The number of hydrogen-bond donors (Lipinski definition) is 1. The predicted octanol–water partition coefficient (Wildman–Crippen LogP) is 1.61. The van der Waals surface area contributed by atoms with Gasteiger partial charge in [0.05, 0.1) is 17.7 Å². The van der Waals surface area contributed by atoms with Crippen LogP contribution in [0.25, 0.3) is 5.70 Å². The predicted molar refractivity (Wildman–Crippen MR) is 65.5 cm³/mol. The summed E-state index contributed by atoms with van der Waals surface area (Å²) < 4.78 is 1.90. The van der Waals surface area contributed by atoms with Crippen molar-refractivity contribution in [2.24, 2.45) is 0 Å². The fourth-order valence-corrected chi connectivity index (χ4v) is 1.72. The van der Waals surface area contributed by atoms with E-state index in [2.05, 4.69) is 22.0 Å². The van der Waals surface area contributed by atoms with Gasteiger partial charge >= 0.3 is 0 Å². The minimum atomic E-state index is 0.809. The molecule has 1 N–H and O–H groups in total. The van der Waals surface area contributed by atoms with E-state index in [9.17, 15) is 0 Å². The molecule has 1 aliphatic rings.